The SMILES string of the molecule is CSc1nc(C)n(C)c1-c1ccccc1. The largest absolute Gasteiger partial charge is 0.330 e. The van der Waals surface area contributed by atoms with Gasteiger partial charge in [0.25, 0.3) is 0 Å². The van der Waals surface area contributed by atoms with Crippen molar-refractivity contribution in [2.75, 3.05) is 6.26 Å². The normalized spacial score (nSPS) is 10.6. The maximum Gasteiger partial charge on any atom is 0.122 e. The second-order valence-corrected chi connectivity index (χ2v) is 4.24. The minimum absolute atomic E-state index is 1.05. The predicted molar refractivity (Wildman–Crippen MR) is 65.2 cm³/mol. The Morgan fingerprint density at radius 2 is 1.87 bits per heavy atom. The van der Waals surface area contributed by atoms with Crippen LogP contribution in [-0.4, -0.2) is 15.8 Å². The lowest BCUT2D eigenvalue weighted by molar-refractivity contribution is 0.865. The molecule has 0 aliphatic rings. The van der Waals surface area contributed by atoms with Gasteiger partial charge >= 0.3 is 0 Å². The first kappa shape index (κ1) is 10.3. The van der Waals surface area contributed by atoms with Crippen molar-refractivity contribution in [3.8, 4) is 11.3 Å². The van der Waals surface area contributed by atoms with Gasteiger partial charge in [-0.1, -0.05) is 30.3 Å². The van der Waals surface area contributed by atoms with Crippen molar-refractivity contribution in [1.29, 1.82) is 0 Å². The molecule has 0 atom stereocenters. The van der Waals surface area contributed by atoms with Gasteiger partial charge in [0.2, 0.25) is 0 Å². The molecule has 0 bridgehead atoms. The van der Waals surface area contributed by atoms with Crippen LogP contribution in [-0.2, 0) is 7.05 Å². The highest BCUT2D eigenvalue weighted by Crippen LogP contribution is 2.29. The van der Waals surface area contributed by atoms with Crippen molar-refractivity contribution in [2.45, 2.75) is 11.9 Å². The first-order valence-corrected chi connectivity index (χ1v) is 6.09. The molecule has 0 saturated heterocycles. The average molecular weight is 218 g/mol. The zero-order valence-electron chi connectivity index (χ0n) is 9.19. The number of aromatic nitrogens is 2. The Morgan fingerprint density at radius 1 is 1.20 bits per heavy atom. The summed E-state index contributed by atoms with van der Waals surface area (Å²) in [5.74, 6) is 1.05. The van der Waals surface area contributed by atoms with Gasteiger partial charge < -0.3 is 4.57 Å². The van der Waals surface area contributed by atoms with Gasteiger partial charge in [-0.15, -0.1) is 11.8 Å². The molecule has 0 saturated carbocycles. The number of hydrogen-bond donors (Lipinski definition) is 0. The topological polar surface area (TPSA) is 17.8 Å². The van der Waals surface area contributed by atoms with Crippen LogP contribution in [0.5, 0.6) is 0 Å². The molecule has 2 nitrogen and oxygen atoms in total. The van der Waals surface area contributed by atoms with E-state index in [1.807, 2.05) is 13.0 Å². The number of rotatable bonds is 2. The molecule has 1 aromatic carbocycles. The van der Waals surface area contributed by atoms with Crippen LogP contribution in [0.2, 0.25) is 0 Å². The fourth-order valence-corrected chi connectivity index (χ4v) is 2.31. The number of nitrogens with zero attached hydrogens (tertiary/aromatic N) is 2. The molecule has 0 radical (unpaired) electrons. The molecule has 15 heavy (non-hydrogen) atoms. The van der Waals surface area contributed by atoms with E-state index in [0.29, 0.717) is 0 Å². The van der Waals surface area contributed by atoms with Crippen molar-refractivity contribution in [2.24, 2.45) is 7.05 Å². The first-order chi connectivity index (χ1) is 7.24. The zero-order valence-corrected chi connectivity index (χ0v) is 10.0. The van der Waals surface area contributed by atoms with Crippen molar-refractivity contribution < 1.29 is 0 Å². The molecule has 1 heterocycles. The predicted octanol–water partition coefficient (Wildman–Crippen LogP) is 3.12. The summed E-state index contributed by atoms with van der Waals surface area (Å²) in [4.78, 5) is 4.53. The number of imidazole rings is 1. The van der Waals surface area contributed by atoms with E-state index in [9.17, 15) is 0 Å². The van der Waals surface area contributed by atoms with E-state index >= 15 is 0 Å². The molecule has 0 aliphatic heterocycles. The average Bonchev–Trinajstić information content (AvgIpc) is 2.56. The van der Waals surface area contributed by atoms with Gasteiger partial charge in [-0.25, -0.2) is 4.98 Å². The van der Waals surface area contributed by atoms with E-state index in [-0.39, 0.29) is 0 Å². The van der Waals surface area contributed by atoms with Gasteiger partial charge in [-0.05, 0) is 13.2 Å². The molecule has 0 aliphatic carbocycles. The maximum atomic E-state index is 4.53. The third-order valence-corrected chi connectivity index (χ3v) is 3.20. The Hall–Kier alpha value is -1.22. The molecule has 0 unspecified atom stereocenters. The fraction of sp³-hybridized carbons (Fsp3) is 0.250. The van der Waals surface area contributed by atoms with E-state index in [1.165, 1.54) is 11.3 Å². The third-order valence-electron chi connectivity index (χ3n) is 2.53. The second-order valence-electron chi connectivity index (χ2n) is 3.44. The summed E-state index contributed by atoms with van der Waals surface area (Å²) in [7, 11) is 2.06. The Labute approximate surface area is 94.3 Å². The molecule has 0 N–H and O–H groups in total. The smallest absolute Gasteiger partial charge is 0.122 e. The lowest BCUT2D eigenvalue weighted by atomic mass is 10.2. The Kier molecular flexibility index (Phi) is 2.82. The van der Waals surface area contributed by atoms with Gasteiger partial charge in [-0.2, -0.15) is 0 Å². The minimum Gasteiger partial charge on any atom is -0.330 e. The van der Waals surface area contributed by atoms with E-state index in [4.69, 9.17) is 0 Å². The quantitative estimate of drug-likeness (QED) is 0.721. The molecule has 0 amide bonds. The summed E-state index contributed by atoms with van der Waals surface area (Å²) >= 11 is 1.69. The van der Waals surface area contributed by atoms with Crippen LogP contribution >= 0.6 is 11.8 Å². The molecule has 78 valence electrons. The highest BCUT2D eigenvalue weighted by molar-refractivity contribution is 7.98. The number of thioether (sulfide) groups is 1. The van der Waals surface area contributed by atoms with Gasteiger partial charge in [0.05, 0.1) is 5.69 Å². The molecule has 0 fully saturated rings. The Morgan fingerprint density at radius 3 is 2.47 bits per heavy atom. The van der Waals surface area contributed by atoms with Crippen LogP contribution in [0.25, 0.3) is 11.3 Å². The fourth-order valence-electron chi connectivity index (χ4n) is 1.64. The first-order valence-electron chi connectivity index (χ1n) is 4.86. The monoisotopic (exact) mass is 218 g/mol. The lowest BCUT2D eigenvalue weighted by Gasteiger charge is -2.05. The molecular formula is C12H14N2S. The maximum absolute atomic E-state index is 4.53. The standard InChI is InChI=1S/C12H14N2S/c1-9-13-12(15-3)11(14(9)2)10-7-5-4-6-8-10/h4-8H,1-3H3. The lowest BCUT2D eigenvalue weighted by Crippen LogP contribution is -1.94. The van der Waals surface area contributed by atoms with E-state index < -0.39 is 0 Å². The number of hydrogen-bond acceptors (Lipinski definition) is 2. The van der Waals surface area contributed by atoms with Gasteiger partial charge in [0, 0.05) is 12.6 Å². The van der Waals surface area contributed by atoms with Gasteiger partial charge in [0.1, 0.15) is 10.9 Å². The highest BCUT2D eigenvalue weighted by Gasteiger charge is 2.12. The molecule has 2 aromatic rings. The molecule has 2 rings (SSSR count). The van der Waals surface area contributed by atoms with Crippen LogP contribution < -0.4 is 0 Å². The molecule has 3 heteroatoms. The second kappa shape index (κ2) is 4.11. The van der Waals surface area contributed by atoms with Crippen LogP contribution in [0.15, 0.2) is 35.4 Å². The van der Waals surface area contributed by atoms with E-state index in [0.717, 1.165) is 10.9 Å². The molecule has 0 spiro atoms. The number of benzene rings is 1. The Bertz CT molecular complexity index is 460. The highest BCUT2D eigenvalue weighted by atomic mass is 32.2. The Balaban J connectivity index is 2.61. The third kappa shape index (κ3) is 1.79. The van der Waals surface area contributed by atoms with Crippen LogP contribution in [0.1, 0.15) is 5.82 Å². The summed E-state index contributed by atoms with van der Waals surface area (Å²) in [6, 6.07) is 10.4. The van der Waals surface area contributed by atoms with Crippen LogP contribution in [0, 0.1) is 6.92 Å². The zero-order chi connectivity index (χ0) is 10.8. The van der Waals surface area contributed by atoms with Gasteiger partial charge in [0.15, 0.2) is 0 Å². The van der Waals surface area contributed by atoms with Crippen molar-refractivity contribution in [1.82, 2.24) is 9.55 Å². The van der Waals surface area contributed by atoms with E-state index in [2.05, 4.69) is 47.1 Å². The summed E-state index contributed by atoms with van der Waals surface area (Å²) in [5.41, 5.74) is 2.44. The van der Waals surface area contributed by atoms with Crippen LogP contribution in [0.4, 0.5) is 0 Å². The number of aryl methyl sites for hydroxylation is 1. The molecule has 1 aromatic heterocycles. The summed E-state index contributed by atoms with van der Waals surface area (Å²) < 4.78 is 2.14. The molecular weight excluding hydrogens is 204 g/mol. The summed E-state index contributed by atoms with van der Waals surface area (Å²) in [5, 5.41) is 1.10. The van der Waals surface area contributed by atoms with Crippen molar-refractivity contribution in [3.63, 3.8) is 0 Å². The van der Waals surface area contributed by atoms with E-state index in [1.54, 1.807) is 11.8 Å². The minimum atomic E-state index is 1.05. The van der Waals surface area contributed by atoms with Crippen LogP contribution in [0.3, 0.4) is 0 Å². The van der Waals surface area contributed by atoms with Crippen molar-refractivity contribution >= 4 is 11.8 Å². The van der Waals surface area contributed by atoms with Crippen molar-refractivity contribution in [3.05, 3.63) is 36.2 Å². The summed E-state index contributed by atoms with van der Waals surface area (Å²) in [6.45, 7) is 2.03. The summed E-state index contributed by atoms with van der Waals surface area (Å²) in [6.07, 6.45) is 2.06. The van der Waals surface area contributed by atoms with Gasteiger partial charge in [-0.3, -0.25) is 0 Å².